The molecule has 1 heterocycles. The van der Waals surface area contributed by atoms with Crippen LogP contribution in [-0.2, 0) is 0 Å². The van der Waals surface area contributed by atoms with Gasteiger partial charge in [-0.15, -0.1) is 0 Å². The van der Waals surface area contributed by atoms with Crippen LogP contribution in [0.3, 0.4) is 0 Å². The average molecular weight is 315 g/mol. The number of hydrogen-bond acceptors (Lipinski definition) is 2. The third kappa shape index (κ3) is 4.97. The molecule has 3 nitrogen and oxygen atoms in total. The molecule has 1 aliphatic rings. The van der Waals surface area contributed by atoms with Crippen LogP contribution in [-0.4, -0.2) is 37.3 Å². The molecule has 3 heteroatoms. The van der Waals surface area contributed by atoms with Gasteiger partial charge in [-0.1, -0.05) is 25.5 Å². The van der Waals surface area contributed by atoms with Crippen LogP contribution in [0.2, 0.25) is 0 Å². The van der Waals surface area contributed by atoms with Crippen molar-refractivity contribution >= 4 is 0 Å². The Kier molecular flexibility index (Phi) is 6.92. The third-order valence-electron chi connectivity index (χ3n) is 5.15. The summed E-state index contributed by atoms with van der Waals surface area (Å²) in [4.78, 5) is 0. The maximum absolute atomic E-state index is 9.26. The summed E-state index contributed by atoms with van der Waals surface area (Å²) < 4.78 is 7.28. The summed E-state index contributed by atoms with van der Waals surface area (Å²) >= 11 is 0. The SMILES string of the molecule is CCCC[N+]1(CCOc2c(C)cccc2C#N)CCCCCC1. The van der Waals surface area contributed by atoms with Gasteiger partial charge in [-0.3, -0.25) is 0 Å². The quantitative estimate of drug-likeness (QED) is 0.697. The monoisotopic (exact) mass is 315 g/mol. The largest absolute Gasteiger partial charge is 0.486 e. The Bertz CT molecular complexity index is 525. The number of para-hydroxylation sites is 1. The molecular weight excluding hydrogens is 284 g/mol. The summed E-state index contributed by atoms with van der Waals surface area (Å²) in [5.41, 5.74) is 1.71. The minimum absolute atomic E-state index is 0.654. The normalized spacial score (nSPS) is 17.3. The van der Waals surface area contributed by atoms with E-state index in [1.807, 2.05) is 25.1 Å². The number of unbranched alkanes of at least 4 members (excludes halogenated alkanes) is 1. The van der Waals surface area contributed by atoms with Gasteiger partial charge in [0.05, 0.1) is 25.2 Å². The van der Waals surface area contributed by atoms with Crippen molar-refractivity contribution in [3.8, 4) is 11.8 Å². The number of nitriles is 1. The first-order valence-corrected chi connectivity index (χ1v) is 9.18. The van der Waals surface area contributed by atoms with Crippen molar-refractivity contribution < 1.29 is 9.22 Å². The molecule has 0 amide bonds. The van der Waals surface area contributed by atoms with E-state index in [-0.39, 0.29) is 0 Å². The molecule has 0 N–H and O–H groups in total. The molecule has 1 aromatic rings. The van der Waals surface area contributed by atoms with E-state index in [1.165, 1.54) is 62.6 Å². The van der Waals surface area contributed by atoms with Crippen LogP contribution in [0.4, 0.5) is 0 Å². The molecule has 0 aliphatic carbocycles. The highest BCUT2D eigenvalue weighted by molar-refractivity contribution is 5.47. The first kappa shape index (κ1) is 17.8. The molecule has 0 bridgehead atoms. The van der Waals surface area contributed by atoms with Crippen LogP contribution in [0.1, 0.15) is 56.6 Å². The Hall–Kier alpha value is -1.53. The lowest BCUT2D eigenvalue weighted by Gasteiger charge is -2.38. The van der Waals surface area contributed by atoms with Crippen molar-refractivity contribution in [1.82, 2.24) is 0 Å². The lowest BCUT2D eigenvalue weighted by molar-refractivity contribution is -0.927. The van der Waals surface area contributed by atoms with Crippen molar-refractivity contribution in [1.29, 1.82) is 5.26 Å². The number of rotatable bonds is 7. The molecule has 0 radical (unpaired) electrons. The zero-order valence-electron chi connectivity index (χ0n) is 14.8. The number of quaternary nitrogens is 1. The van der Waals surface area contributed by atoms with E-state index in [9.17, 15) is 5.26 Å². The van der Waals surface area contributed by atoms with Crippen molar-refractivity contribution in [2.75, 3.05) is 32.8 Å². The lowest BCUT2D eigenvalue weighted by Crippen LogP contribution is -2.51. The standard InChI is InChI=1S/C20H31N2O/c1-3-4-12-22(13-7-5-6-8-14-22)15-16-23-20-18(2)10-9-11-19(20)17-21/h9-11H,3-8,12-16H2,1-2H3/q+1. The molecule has 1 aromatic carbocycles. The highest BCUT2D eigenvalue weighted by atomic mass is 16.5. The number of hydrogen-bond donors (Lipinski definition) is 0. The van der Waals surface area contributed by atoms with E-state index in [4.69, 9.17) is 4.74 Å². The fraction of sp³-hybridized carbons (Fsp3) is 0.650. The zero-order valence-corrected chi connectivity index (χ0v) is 14.8. The minimum atomic E-state index is 0.654. The summed E-state index contributed by atoms with van der Waals surface area (Å²) in [5, 5.41) is 9.26. The van der Waals surface area contributed by atoms with E-state index >= 15 is 0 Å². The maximum atomic E-state index is 9.26. The van der Waals surface area contributed by atoms with Crippen molar-refractivity contribution in [3.05, 3.63) is 29.3 Å². The van der Waals surface area contributed by atoms with Crippen LogP contribution in [0.15, 0.2) is 18.2 Å². The first-order valence-electron chi connectivity index (χ1n) is 9.18. The Morgan fingerprint density at radius 3 is 2.52 bits per heavy atom. The highest BCUT2D eigenvalue weighted by Gasteiger charge is 2.28. The second-order valence-electron chi connectivity index (χ2n) is 6.92. The van der Waals surface area contributed by atoms with Gasteiger partial charge >= 0.3 is 0 Å². The highest BCUT2D eigenvalue weighted by Crippen LogP contribution is 2.24. The molecule has 1 aliphatic heterocycles. The topological polar surface area (TPSA) is 33.0 Å². The Morgan fingerprint density at radius 1 is 1.13 bits per heavy atom. The number of nitrogens with zero attached hydrogens (tertiary/aromatic N) is 2. The summed E-state index contributed by atoms with van der Waals surface area (Å²) in [7, 11) is 0. The fourth-order valence-electron chi connectivity index (χ4n) is 3.69. The number of ether oxygens (including phenoxy) is 1. The Morgan fingerprint density at radius 2 is 1.87 bits per heavy atom. The molecule has 0 atom stereocenters. The van der Waals surface area contributed by atoms with E-state index < -0.39 is 0 Å². The van der Waals surface area contributed by atoms with Gasteiger partial charge in [0.15, 0.2) is 0 Å². The van der Waals surface area contributed by atoms with Gasteiger partial charge in [-0.2, -0.15) is 5.26 Å². The van der Waals surface area contributed by atoms with E-state index in [0.717, 1.165) is 17.9 Å². The van der Waals surface area contributed by atoms with Crippen LogP contribution in [0.25, 0.3) is 0 Å². The van der Waals surface area contributed by atoms with Gasteiger partial charge in [-0.25, -0.2) is 0 Å². The van der Waals surface area contributed by atoms with Crippen LogP contribution >= 0.6 is 0 Å². The van der Waals surface area contributed by atoms with E-state index in [2.05, 4.69) is 13.0 Å². The molecule has 0 saturated carbocycles. The predicted octanol–water partition coefficient (Wildman–Crippen LogP) is 4.44. The van der Waals surface area contributed by atoms with Gasteiger partial charge < -0.3 is 9.22 Å². The predicted molar refractivity (Wildman–Crippen MR) is 94.5 cm³/mol. The van der Waals surface area contributed by atoms with Crippen molar-refractivity contribution in [2.45, 2.75) is 52.4 Å². The summed E-state index contributed by atoms with van der Waals surface area (Å²) in [6.07, 6.45) is 8.01. The van der Waals surface area contributed by atoms with Crippen molar-refractivity contribution in [2.24, 2.45) is 0 Å². The molecule has 0 unspecified atom stereocenters. The van der Waals surface area contributed by atoms with Gasteiger partial charge in [-0.05, 0) is 50.7 Å². The second kappa shape index (κ2) is 8.93. The molecule has 1 fully saturated rings. The second-order valence-corrected chi connectivity index (χ2v) is 6.92. The lowest BCUT2D eigenvalue weighted by atomic mass is 10.1. The first-order chi connectivity index (χ1) is 11.2. The number of aryl methyl sites for hydroxylation is 1. The molecule has 23 heavy (non-hydrogen) atoms. The van der Waals surface area contributed by atoms with Crippen molar-refractivity contribution in [3.63, 3.8) is 0 Å². The molecule has 0 aromatic heterocycles. The van der Waals surface area contributed by atoms with Crippen LogP contribution < -0.4 is 4.74 Å². The van der Waals surface area contributed by atoms with Gasteiger partial charge in [0, 0.05) is 0 Å². The smallest absolute Gasteiger partial charge is 0.140 e. The molecular formula is C20H31N2O+. The maximum Gasteiger partial charge on any atom is 0.140 e. The zero-order chi connectivity index (χ0) is 16.5. The van der Waals surface area contributed by atoms with Gasteiger partial charge in [0.1, 0.15) is 25.0 Å². The third-order valence-corrected chi connectivity index (χ3v) is 5.15. The average Bonchev–Trinajstić information content (AvgIpc) is 2.80. The molecule has 1 saturated heterocycles. The fourth-order valence-corrected chi connectivity index (χ4v) is 3.69. The Balaban J connectivity index is 2.00. The van der Waals surface area contributed by atoms with E-state index in [1.54, 1.807) is 0 Å². The summed E-state index contributed by atoms with van der Waals surface area (Å²) in [5.74, 6) is 0.776. The summed E-state index contributed by atoms with van der Waals surface area (Å²) in [6, 6.07) is 8.03. The summed E-state index contributed by atoms with van der Waals surface area (Å²) in [6.45, 7) is 9.94. The van der Waals surface area contributed by atoms with Gasteiger partial charge in [0.2, 0.25) is 0 Å². The Labute approximate surface area is 141 Å². The van der Waals surface area contributed by atoms with Crippen LogP contribution in [0.5, 0.6) is 5.75 Å². The van der Waals surface area contributed by atoms with Gasteiger partial charge in [0.25, 0.3) is 0 Å². The molecule has 126 valence electrons. The van der Waals surface area contributed by atoms with E-state index in [0.29, 0.717) is 12.2 Å². The van der Waals surface area contributed by atoms with Crippen LogP contribution in [0, 0.1) is 18.3 Å². The molecule has 2 rings (SSSR count). The molecule has 0 spiro atoms. The minimum Gasteiger partial charge on any atom is -0.486 e. The number of benzene rings is 1. The number of likely N-dealkylation sites (tertiary alicyclic amines) is 1.